The number of rotatable bonds is 4. The van der Waals surface area contributed by atoms with Gasteiger partial charge in [-0.3, -0.25) is 14.5 Å². The Morgan fingerprint density at radius 3 is 3.12 bits per heavy atom. The van der Waals surface area contributed by atoms with Gasteiger partial charge >= 0.3 is 5.97 Å². The molecule has 2 N–H and O–H groups in total. The standard InChI is InChI=1S/C9H10N4O2S/c10-8-1-2-13(12-8)4-9(14)15-5-7-3-11-6-16-7/h1-3,6H,4-5H2,(H2,10,12). The zero-order chi connectivity index (χ0) is 11.4. The monoisotopic (exact) mass is 238 g/mol. The minimum Gasteiger partial charge on any atom is -0.459 e. The van der Waals surface area contributed by atoms with Gasteiger partial charge in [0.05, 0.1) is 10.4 Å². The normalized spacial score (nSPS) is 10.2. The van der Waals surface area contributed by atoms with Gasteiger partial charge in [-0.2, -0.15) is 5.10 Å². The lowest BCUT2D eigenvalue weighted by Crippen LogP contribution is -2.13. The van der Waals surface area contributed by atoms with Crippen molar-refractivity contribution in [2.75, 3.05) is 5.73 Å². The summed E-state index contributed by atoms with van der Waals surface area (Å²) in [5.41, 5.74) is 7.11. The third-order valence-corrected chi connectivity index (χ3v) is 2.56. The number of hydrogen-bond donors (Lipinski definition) is 1. The van der Waals surface area contributed by atoms with Crippen LogP contribution in [-0.4, -0.2) is 20.7 Å². The van der Waals surface area contributed by atoms with Crippen LogP contribution in [0.1, 0.15) is 4.88 Å². The molecule has 0 radical (unpaired) electrons. The smallest absolute Gasteiger partial charge is 0.328 e. The molecule has 0 fully saturated rings. The highest BCUT2D eigenvalue weighted by atomic mass is 32.1. The van der Waals surface area contributed by atoms with E-state index in [1.165, 1.54) is 16.0 Å². The first-order valence-corrected chi connectivity index (χ1v) is 5.44. The Bertz CT molecular complexity index is 466. The maximum atomic E-state index is 11.4. The lowest BCUT2D eigenvalue weighted by molar-refractivity contribution is -0.145. The molecule has 2 aromatic heterocycles. The summed E-state index contributed by atoms with van der Waals surface area (Å²) in [5.74, 6) is 0.0340. The third kappa shape index (κ3) is 2.80. The summed E-state index contributed by atoms with van der Waals surface area (Å²) in [4.78, 5) is 16.2. The number of carbonyl (C=O) groups is 1. The van der Waals surface area contributed by atoms with Crippen LogP contribution in [0.2, 0.25) is 0 Å². The molecule has 0 bridgehead atoms. The topological polar surface area (TPSA) is 83.0 Å². The molecule has 7 heteroatoms. The van der Waals surface area contributed by atoms with Crippen LogP contribution in [0.4, 0.5) is 5.82 Å². The average Bonchev–Trinajstić information content (AvgIpc) is 2.87. The summed E-state index contributed by atoms with van der Waals surface area (Å²) in [5, 5.41) is 3.88. The molecule has 0 saturated heterocycles. The number of carbonyl (C=O) groups excluding carboxylic acids is 1. The molecule has 0 aromatic carbocycles. The van der Waals surface area contributed by atoms with Crippen LogP contribution in [0.15, 0.2) is 24.0 Å². The first-order valence-electron chi connectivity index (χ1n) is 4.56. The third-order valence-electron chi connectivity index (χ3n) is 1.81. The van der Waals surface area contributed by atoms with Crippen molar-refractivity contribution < 1.29 is 9.53 Å². The van der Waals surface area contributed by atoms with Gasteiger partial charge in [-0.25, -0.2) is 0 Å². The summed E-state index contributed by atoms with van der Waals surface area (Å²) >= 11 is 1.44. The van der Waals surface area contributed by atoms with Crippen molar-refractivity contribution in [1.29, 1.82) is 0 Å². The van der Waals surface area contributed by atoms with Gasteiger partial charge in [0.2, 0.25) is 0 Å². The molecule has 84 valence electrons. The molecule has 0 amide bonds. The van der Waals surface area contributed by atoms with Gasteiger partial charge in [0.25, 0.3) is 0 Å². The molecule has 0 aliphatic heterocycles. The predicted molar refractivity (Wildman–Crippen MR) is 58.5 cm³/mol. The Morgan fingerprint density at radius 2 is 2.50 bits per heavy atom. The molecule has 0 spiro atoms. The molecule has 0 saturated carbocycles. The van der Waals surface area contributed by atoms with Crippen LogP contribution >= 0.6 is 11.3 Å². The molecule has 6 nitrogen and oxygen atoms in total. The second-order valence-electron chi connectivity index (χ2n) is 3.07. The molecule has 2 heterocycles. The summed E-state index contributed by atoms with van der Waals surface area (Å²) in [6.07, 6.45) is 3.30. The number of thiazole rings is 1. The first-order chi connectivity index (χ1) is 7.74. The van der Waals surface area contributed by atoms with Crippen LogP contribution in [0.25, 0.3) is 0 Å². The highest BCUT2D eigenvalue weighted by Crippen LogP contribution is 2.07. The van der Waals surface area contributed by atoms with Crippen LogP contribution in [0, 0.1) is 0 Å². The Morgan fingerprint density at radius 1 is 1.62 bits per heavy atom. The highest BCUT2D eigenvalue weighted by molar-refractivity contribution is 7.09. The molecule has 16 heavy (non-hydrogen) atoms. The van der Waals surface area contributed by atoms with Gasteiger partial charge in [-0.1, -0.05) is 0 Å². The minimum atomic E-state index is -0.350. The SMILES string of the molecule is Nc1ccn(CC(=O)OCc2cncs2)n1. The van der Waals surface area contributed by atoms with Crippen molar-refractivity contribution in [2.24, 2.45) is 0 Å². The number of hydrogen-bond acceptors (Lipinski definition) is 6. The van der Waals surface area contributed by atoms with E-state index in [4.69, 9.17) is 10.5 Å². The van der Waals surface area contributed by atoms with Crippen LogP contribution in [-0.2, 0) is 22.7 Å². The van der Waals surface area contributed by atoms with E-state index in [9.17, 15) is 4.79 Å². The van der Waals surface area contributed by atoms with Gasteiger partial charge in [-0.15, -0.1) is 11.3 Å². The van der Waals surface area contributed by atoms with E-state index >= 15 is 0 Å². The zero-order valence-electron chi connectivity index (χ0n) is 8.37. The van der Waals surface area contributed by atoms with Crippen molar-refractivity contribution in [2.45, 2.75) is 13.2 Å². The predicted octanol–water partition coefficient (Wildman–Crippen LogP) is 0.665. The summed E-state index contributed by atoms with van der Waals surface area (Å²) in [6, 6.07) is 1.62. The lowest BCUT2D eigenvalue weighted by atomic mass is 10.6. The van der Waals surface area contributed by atoms with Crippen LogP contribution < -0.4 is 5.73 Å². The molecule has 0 aliphatic carbocycles. The van der Waals surface area contributed by atoms with Crippen molar-refractivity contribution in [1.82, 2.24) is 14.8 Å². The van der Waals surface area contributed by atoms with E-state index in [1.54, 1.807) is 24.0 Å². The van der Waals surface area contributed by atoms with E-state index in [0.29, 0.717) is 5.82 Å². The van der Waals surface area contributed by atoms with Crippen molar-refractivity contribution in [3.63, 3.8) is 0 Å². The molecule has 0 aliphatic rings. The van der Waals surface area contributed by atoms with E-state index in [-0.39, 0.29) is 19.1 Å². The summed E-state index contributed by atoms with van der Waals surface area (Å²) < 4.78 is 6.46. The average molecular weight is 238 g/mol. The maximum absolute atomic E-state index is 11.4. The quantitative estimate of drug-likeness (QED) is 0.791. The number of nitrogens with zero attached hydrogens (tertiary/aromatic N) is 3. The minimum absolute atomic E-state index is 0.0655. The number of esters is 1. The first kappa shape index (κ1) is 10.6. The zero-order valence-corrected chi connectivity index (χ0v) is 9.18. The van der Waals surface area contributed by atoms with E-state index in [1.807, 2.05) is 0 Å². The summed E-state index contributed by atoms with van der Waals surface area (Å²) in [7, 11) is 0. The Kier molecular flexibility index (Phi) is 3.16. The Balaban J connectivity index is 1.81. The fraction of sp³-hybridized carbons (Fsp3) is 0.222. The number of nitrogen functional groups attached to an aromatic ring is 1. The van der Waals surface area contributed by atoms with Gasteiger partial charge in [0.15, 0.2) is 0 Å². The van der Waals surface area contributed by atoms with E-state index < -0.39 is 0 Å². The molecular weight excluding hydrogens is 228 g/mol. The number of nitrogens with two attached hydrogens (primary N) is 1. The second kappa shape index (κ2) is 4.75. The molecule has 0 unspecified atom stereocenters. The summed E-state index contributed by atoms with van der Waals surface area (Å²) in [6.45, 7) is 0.316. The fourth-order valence-corrected chi connectivity index (χ4v) is 1.61. The highest BCUT2D eigenvalue weighted by Gasteiger charge is 2.06. The second-order valence-corrected chi connectivity index (χ2v) is 4.04. The van der Waals surface area contributed by atoms with E-state index in [2.05, 4.69) is 10.1 Å². The van der Waals surface area contributed by atoms with Crippen molar-refractivity contribution >= 4 is 23.1 Å². The van der Waals surface area contributed by atoms with Gasteiger partial charge in [0.1, 0.15) is 19.0 Å². The van der Waals surface area contributed by atoms with Crippen LogP contribution in [0.5, 0.6) is 0 Å². The van der Waals surface area contributed by atoms with Gasteiger partial charge < -0.3 is 10.5 Å². The number of ether oxygens (including phenoxy) is 1. The van der Waals surface area contributed by atoms with Crippen LogP contribution in [0.3, 0.4) is 0 Å². The molecular formula is C9H10N4O2S. The van der Waals surface area contributed by atoms with Crippen molar-refractivity contribution in [3.05, 3.63) is 28.8 Å². The Labute approximate surface area is 95.7 Å². The maximum Gasteiger partial charge on any atom is 0.328 e. The number of anilines is 1. The molecule has 2 aromatic rings. The Hall–Kier alpha value is -1.89. The number of aromatic nitrogens is 3. The van der Waals surface area contributed by atoms with Gasteiger partial charge in [0, 0.05) is 12.4 Å². The lowest BCUT2D eigenvalue weighted by Gasteiger charge is -2.02. The fourth-order valence-electron chi connectivity index (χ4n) is 1.11. The molecule has 0 atom stereocenters. The largest absolute Gasteiger partial charge is 0.459 e. The van der Waals surface area contributed by atoms with Gasteiger partial charge in [-0.05, 0) is 6.07 Å². The van der Waals surface area contributed by atoms with E-state index in [0.717, 1.165) is 4.88 Å². The molecule has 2 rings (SSSR count). The van der Waals surface area contributed by atoms with Crippen molar-refractivity contribution in [3.8, 4) is 0 Å².